The molecule has 13 aliphatic heterocycles. The van der Waals surface area contributed by atoms with Gasteiger partial charge in [0.25, 0.3) is 0 Å². The molecular formula is C59H70N16O12S. The van der Waals surface area contributed by atoms with Crippen molar-refractivity contribution in [2.45, 2.75) is 146 Å². The third-order valence-corrected chi connectivity index (χ3v) is 22.4. The van der Waals surface area contributed by atoms with Crippen LogP contribution in [0.1, 0.15) is 90.0 Å². The first-order valence-corrected chi connectivity index (χ1v) is 31.5. The highest BCUT2D eigenvalue weighted by molar-refractivity contribution is 7.99. The zero-order valence-electron chi connectivity index (χ0n) is 50.2. The van der Waals surface area contributed by atoms with Crippen LogP contribution in [0.15, 0.2) is 59.5 Å². The first-order chi connectivity index (χ1) is 42.4. The number of thioether (sulfide) groups is 1. The molecule has 0 radical (unpaired) electrons. The highest BCUT2D eigenvalue weighted by atomic mass is 32.2. The van der Waals surface area contributed by atoms with Gasteiger partial charge in [0, 0.05) is 32.9 Å². The SMILES string of the molecule is CCCOc1ccc(OCCC)c2c1CN1C(=O)N3CN4C(=O)N5CN6C(=O)N7CN8C(=O)N9Cc%10c(OCCC)ccc(OCCSc%11ccccc%11)c%10CN%10C(=O)N(CN%11C(=O)N(CN%12C(=O)N(CN%13C(=O)N(C2)C1(C)C3%13C)[C@@H]4[C@@H]5%12)[C@@H]6[C@@H]7%11)[C@]8(C)[C@@]9%10C. The number of rotatable bonds is 14. The molecule has 11 saturated heterocycles. The molecule has 3 aromatic carbocycles. The predicted molar refractivity (Wildman–Crippen MR) is 308 cm³/mol. The van der Waals surface area contributed by atoms with Crippen molar-refractivity contribution < 1.29 is 57.3 Å². The summed E-state index contributed by atoms with van der Waals surface area (Å²) in [6, 6.07) is 13.3. The fourth-order valence-electron chi connectivity index (χ4n) is 16.6. The van der Waals surface area contributed by atoms with E-state index in [9.17, 15) is 0 Å². The molecule has 0 spiro atoms. The number of amides is 16. The van der Waals surface area contributed by atoms with Crippen LogP contribution in [-0.2, 0) is 26.2 Å². The quantitative estimate of drug-likeness (QED) is 0.138. The van der Waals surface area contributed by atoms with Crippen molar-refractivity contribution in [2.75, 3.05) is 72.2 Å². The zero-order chi connectivity index (χ0) is 61.0. The normalized spacial score (nSPS) is 30.9. The number of carbonyl (C=O) groups is 8. The van der Waals surface area contributed by atoms with Crippen molar-refractivity contribution in [1.82, 2.24) is 78.4 Å². The molecule has 0 aliphatic carbocycles. The molecule has 11 fully saturated rings. The predicted octanol–water partition coefficient (Wildman–Crippen LogP) is 5.81. The van der Waals surface area contributed by atoms with Gasteiger partial charge in [-0.2, -0.15) is 0 Å². The third-order valence-electron chi connectivity index (χ3n) is 21.4. The average Bonchev–Trinajstić information content (AvgIpc) is 1.50. The van der Waals surface area contributed by atoms with Crippen molar-refractivity contribution in [3.63, 3.8) is 0 Å². The molecule has 29 heteroatoms. The summed E-state index contributed by atoms with van der Waals surface area (Å²) in [6.07, 6.45) is -2.21. The molecule has 28 nitrogen and oxygen atoms in total. The van der Waals surface area contributed by atoms with Crippen molar-refractivity contribution in [1.29, 1.82) is 0 Å². The number of nitrogens with zero attached hydrogens (tertiary/aromatic N) is 16. The molecule has 88 heavy (non-hydrogen) atoms. The Bertz CT molecular complexity index is 3610. The van der Waals surface area contributed by atoms with Gasteiger partial charge in [-0.05, 0) is 83.4 Å². The number of benzene rings is 3. The Labute approximate surface area is 511 Å². The highest BCUT2D eigenvalue weighted by Gasteiger charge is 2.80. The van der Waals surface area contributed by atoms with Crippen molar-refractivity contribution >= 4 is 60.0 Å². The lowest BCUT2D eigenvalue weighted by Gasteiger charge is -2.49. The summed E-state index contributed by atoms with van der Waals surface area (Å²) < 4.78 is 25.5. The molecule has 13 heterocycles. The lowest BCUT2D eigenvalue weighted by Crippen LogP contribution is -2.69. The van der Waals surface area contributed by atoms with Crippen LogP contribution in [0, 0.1) is 0 Å². The van der Waals surface area contributed by atoms with E-state index in [2.05, 4.69) is 0 Å². The van der Waals surface area contributed by atoms with Crippen molar-refractivity contribution in [3.8, 4) is 23.0 Å². The van der Waals surface area contributed by atoms with Gasteiger partial charge in [-0.15, -0.1) is 11.8 Å². The van der Waals surface area contributed by atoms with Crippen LogP contribution in [0.5, 0.6) is 23.0 Å². The molecule has 16 rings (SSSR count). The van der Waals surface area contributed by atoms with Gasteiger partial charge < -0.3 is 18.9 Å². The van der Waals surface area contributed by atoms with E-state index in [1.54, 1.807) is 64.8 Å². The summed E-state index contributed by atoms with van der Waals surface area (Å²) in [5, 5.41) is 0. The maximum atomic E-state index is 15.7. The third kappa shape index (κ3) is 6.56. The highest BCUT2D eigenvalue weighted by Crippen LogP contribution is 2.59. The molecule has 8 atom stereocenters. The number of carbonyl (C=O) groups excluding carboxylic acids is 8. The molecule has 0 saturated carbocycles. The molecule has 0 aromatic heterocycles. The minimum Gasteiger partial charge on any atom is -0.493 e. The van der Waals surface area contributed by atoms with Gasteiger partial charge in [0.15, 0.2) is 47.3 Å². The Kier molecular flexibility index (Phi) is 11.6. The lowest BCUT2D eigenvalue weighted by molar-refractivity contribution is -0.0871. The van der Waals surface area contributed by atoms with Gasteiger partial charge in [0.2, 0.25) is 0 Å². The van der Waals surface area contributed by atoms with Gasteiger partial charge in [-0.1, -0.05) is 39.0 Å². The van der Waals surface area contributed by atoms with E-state index in [0.717, 1.165) is 24.2 Å². The van der Waals surface area contributed by atoms with Crippen LogP contribution in [0.3, 0.4) is 0 Å². The summed E-state index contributed by atoms with van der Waals surface area (Å²) in [6.45, 7) is 12.9. The van der Waals surface area contributed by atoms with Crippen molar-refractivity contribution in [3.05, 3.63) is 76.9 Å². The summed E-state index contributed by atoms with van der Waals surface area (Å²) in [4.78, 5) is 150. The van der Waals surface area contributed by atoms with E-state index in [1.807, 2.05) is 89.2 Å². The standard InChI is InChI=1S/C59H70N16O12S/c1-8-20-84-40-16-17-41(85-21-9-2)37-26-69-53(81)73-32-65-46-44-60(48(76)64(46)31-72-52(80)68(25-36(37)40)56(69,4)58(72,73)6)29-62-45-47-66(50(62)78)33-74-54(82)70-27-38-39(43(19-18-42(38)86-22-10-3)87-23-24-88-35-14-12-11-13-15-35)28-71-55(83)75(59(74,7)57(70,71)5)34-67(47)51(79)63(45)30-61(44)49(65)77/h11-19,44-47H,8-10,20-34H2,1-7H3/t44-,45+,46+,47-,56?,57-,58?,59+/m0/s1. The van der Waals surface area contributed by atoms with Crippen LogP contribution in [0.25, 0.3) is 0 Å². The summed E-state index contributed by atoms with van der Waals surface area (Å²) >= 11 is 1.66. The van der Waals surface area contributed by atoms with Gasteiger partial charge in [0.05, 0.1) is 52.6 Å². The van der Waals surface area contributed by atoms with E-state index in [0.29, 0.717) is 77.4 Å². The molecule has 464 valence electrons. The summed E-state index contributed by atoms with van der Waals surface area (Å²) in [7, 11) is 0. The van der Waals surface area contributed by atoms with E-state index >= 15 is 38.4 Å². The van der Waals surface area contributed by atoms with Crippen LogP contribution in [0.4, 0.5) is 38.4 Å². The molecule has 13 aliphatic rings. The fourth-order valence-corrected chi connectivity index (χ4v) is 17.4. The maximum Gasteiger partial charge on any atom is 0.326 e. The maximum absolute atomic E-state index is 15.7. The molecular weight excluding hydrogens is 1160 g/mol. The number of fused-ring (bicyclic) bond motifs is 2. The molecule has 0 bridgehead atoms. The largest absolute Gasteiger partial charge is 0.493 e. The van der Waals surface area contributed by atoms with Gasteiger partial charge in [-0.25, -0.2) is 38.4 Å². The topological polar surface area (TPSA) is 225 Å². The Balaban J connectivity index is 0.730. The van der Waals surface area contributed by atoms with Crippen LogP contribution >= 0.6 is 11.8 Å². The first-order valence-electron chi connectivity index (χ1n) is 30.5. The number of urea groups is 8. The molecule has 3 aromatic rings. The number of hydrogen-bond donors (Lipinski definition) is 0. The smallest absolute Gasteiger partial charge is 0.326 e. The minimum atomic E-state index is -1.49. The van der Waals surface area contributed by atoms with Gasteiger partial charge in [0.1, 0.15) is 63.0 Å². The minimum absolute atomic E-state index is 0.0281. The van der Waals surface area contributed by atoms with E-state index in [1.165, 1.54) is 39.2 Å². The second-order valence-corrected chi connectivity index (χ2v) is 26.4. The van der Waals surface area contributed by atoms with E-state index in [-0.39, 0.29) is 52.9 Å². The molecule has 0 N–H and O–H groups in total. The fraction of sp³-hybridized carbons (Fsp3) is 0.559. The lowest BCUT2D eigenvalue weighted by atomic mass is 9.95. The summed E-state index contributed by atoms with van der Waals surface area (Å²) in [5.41, 5.74) is -2.89. The monoisotopic (exact) mass is 1230 g/mol. The Morgan fingerprint density at radius 3 is 0.898 bits per heavy atom. The Morgan fingerprint density at radius 2 is 0.614 bits per heavy atom. The molecule has 16 amide bonds. The van der Waals surface area contributed by atoms with Gasteiger partial charge >= 0.3 is 48.2 Å². The van der Waals surface area contributed by atoms with Crippen LogP contribution < -0.4 is 18.9 Å². The zero-order valence-corrected chi connectivity index (χ0v) is 51.0. The number of ether oxygens (including phenoxy) is 4. The second kappa shape index (κ2) is 18.7. The van der Waals surface area contributed by atoms with Crippen LogP contribution in [0.2, 0.25) is 0 Å². The molecule has 2 unspecified atom stereocenters. The first kappa shape index (κ1) is 54.7. The van der Waals surface area contributed by atoms with Crippen LogP contribution in [-0.4, -0.2) is 246 Å². The average molecular weight is 1230 g/mol. The van der Waals surface area contributed by atoms with Crippen molar-refractivity contribution in [2.24, 2.45) is 0 Å². The second-order valence-electron chi connectivity index (χ2n) is 25.3. The van der Waals surface area contributed by atoms with E-state index < -0.39 is 109 Å². The van der Waals surface area contributed by atoms with E-state index in [4.69, 9.17) is 18.9 Å². The number of hydrogen-bond acceptors (Lipinski definition) is 13. The Hall–Kier alpha value is -8.63. The Morgan fingerprint density at radius 1 is 0.352 bits per heavy atom. The van der Waals surface area contributed by atoms with Gasteiger partial charge in [-0.3, -0.25) is 78.4 Å². The summed E-state index contributed by atoms with van der Waals surface area (Å²) in [5.74, 6) is 2.91.